The van der Waals surface area contributed by atoms with Crippen molar-refractivity contribution in [3.05, 3.63) is 93.9 Å². The van der Waals surface area contributed by atoms with Gasteiger partial charge in [-0.25, -0.2) is 4.79 Å². The number of carbonyl (C=O) groups excluding carboxylic acids is 2. The van der Waals surface area contributed by atoms with Crippen molar-refractivity contribution < 1.29 is 18.8 Å². The van der Waals surface area contributed by atoms with E-state index in [1.165, 1.54) is 32.1 Å². The van der Waals surface area contributed by atoms with Gasteiger partial charge >= 0.3 is 11.9 Å². The maximum atomic E-state index is 13.4. The molecule has 1 amide bonds. The van der Waals surface area contributed by atoms with E-state index in [9.17, 15) is 9.59 Å². The van der Waals surface area contributed by atoms with Crippen LogP contribution in [0.25, 0.3) is 11.5 Å². The van der Waals surface area contributed by atoms with Crippen molar-refractivity contribution in [2.75, 3.05) is 6.61 Å². The van der Waals surface area contributed by atoms with Gasteiger partial charge in [-0.3, -0.25) is 4.79 Å². The standard InChI is InChI=1S/C33H39N3O4S/c1-3-5-6-7-8-12-15-30-34-31(40-35-30)27-18-16-26(17-19-27)23-36(32(37)33(38)39-4-2)29(28-20-21-41-24-28)22-25-13-10-9-11-14-25/h9-11,13-14,16-21,24,29H,3-8,12,15,22-23H2,1-2H3. The summed E-state index contributed by atoms with van der Waals surface area (Å²) >= 11 is 1.57. The topological polar surface area (TPSA) is 85.5 Å². The minimum atomic E-state index is -0.846. The Morgan fingerprint density at radius 2 is 1.68 bits per heavy atom. The fourth-order valence-electron chi connectivity index (χ4n) is 4.83. The van der Waals surface area contributed by atoms with Crippen LogP contribution in [0.3, 0.4) is 0 Å². The Morgan fingerprint density at radius 1 is 0.927 bits per heavy atom. The van der Waals surface area contributed by atoms with Gasteiger partial charge in [0.1, 0.15) is 0 Å². The number of nitrogens with zero attached hydrogens (tertiary/aromatic N) is 3. The molecule has 2 aromatic carbocycles. The molecule has 41 heavy (non-hydrogen) atoms. The van der Waals surface area contributed by atoms with Crippen LogP contribution in [0.15, 0.2) is 75.9 Å². The number of amides is 1. The predicted octanol–water partition coefficient (Wildman–Crippen LogP) is 7.58. The summed E-state index contributed by atoms with van der Waals surface area (Å²) in [6.45, 7) is 4.31. The van der Waals surface area contributed by atoms with Crippen LogP contribution in [0.5, 0.6) is 0 Å². The Hall–Kier alpha value is -3.78. The lowest BCUT2D eigenvalue weighted by Gasteiger charge is -2.31. The number of thiophene rings is 1. The SMILES string of the molecule is CCCCCCCCc1noc(-c2ccc(CN(C(=O)C(=O)OCC)C(Cc3ccccc3)c3ccsc3)cc2)n1. The number of ether oxygens (including phenoxy) is 1. The fourth-order valence-corrected chi connectivity index (χ4v) is 5.54. The highest BCUT2D eigenvalue weighted by atomic mass is 32.1. The van der Waals surface area contributed by atoms with E-state index in [2.05, 4.69) is 17.1 Å². The Bertz CT molecular complexity index is 1340. The average Bonchev–Trinajstić information content (AvgIpc) is 3.70. The first kappa shape index (κ1) is 30.2. The van der Waals surface area contributed by atoms with E-state index in [0.29, 0.717) is 12.3 Å². The summed E-state index contributed by atoms with van der Waals surface area (Å²) in [6.07, 6.45) is 8.68. The smallest absolute Gasteiger partial charge is 0.397 e. The van der Waals surface area contributed by atoms with Crippen molar-refractivity contribution in [3.8, 4) is 11.5 Å². The average molecular weight is 574 g/mol. The summed E-state index contributed by atoms with van der Waals surface area (Å²) in [7, 11) is 0. The molecule has 0 aliphatic carbocycles. The molecule has 0 fully saturated rings. The van der Waals surface area contributed by atoms with E-state index in [1.807, 2.05) is 71.4 Å². The molecule has 0 radical (unpaired) electrons. The van der Waals surface area contributed by atoms with Gasteiger partial charge in [-0.2, -0.15) is 16.3 Å². The zero-order valence-corrected chi connectivity index (χ0v) is 24.8. The van der Waals surface area contributed by atoms with Crippen LogP contribution in [-0.2, 0) is 33.7 Å². The highest BCUT2D eigenvalue weighted by molar-refractivity contribution is 7.08. The first-order valence-corrected chi connectivity index (χ1v) is 15.5. The second kappa shape index (κ2) is 15.9. The maximum absolute atomic E-state index is 13.4. The van der Waals surface area contributed by atoms with Gasteiger partial charge in [0.25, 0.3) is 5.89 Å². The molecule has 0 saturated carbocycles. The Morgan fingerprint density at radius 3 is 2.39 bits per heavy atom. The van der Waals surface area contributed by atoms with Crippen LogP contribution in [0.4, 0.5) is 0 Å². The van der Waals surface area contributed by atoms with Crippen molar-refractivity contribution in [2.24, 2.45) is 0 Å². The number of carbonyl (C=O) groups is 2. The van der Waals surface area contributed by atoms with E-state index < -0.39 is 11.9 Å². The number of rotatable bonds is 15. The lowest BCUT2D eigenvalue weighted by Crippen LogP contribution is -2.40. The second-order valence-electron chi connectivity index (χ2n) is 10.1. The Balaban J connectivity index is 1.49. The summed E-state index contributed by atoms with van der Waals surface area (Å²) in [5.41, 5.74) is 3.76. The molecule has 0 bridgehead atoms. The van der Waals surface area contributed by atoms with Gasteiger partial charge < -0.3 is 14.2 Å². The molecule has 2 heterocycles. The Kier molecular flexibility index (Phi) is 11.7. The number of benzene rings is 2. The largest absolute Gasteiger partial charge is 0.459 e. The van der Waals surface area contributed by atoms with Crippen molar-refractivity contribution in [1.82, 2.24) is 15.0 Å². The minimum Gasteiger partial charge on any atom is -0.459 e. The first-order valence-electron chi connectivity index (χ1n) is 14.5. The first-order chi connectivity index (χ1) is 20.1. The quantitative estimate of drug-likeness (QED) is 0.0828. The molecule has 7 nitrogen and oxygen atoms in total. The number of hydrogen-bond donors (Lipinski definition) is 0. The summed E-state index contributed by atoms with van der Waals surface area (Å²) < 4.78 is 10.6. The maximum Gasteiger partial charge on any atom is 0.397 e. The third-order valence-electron chi connectivity index (χ3n) is 7.06. The van der Waals surface area contributed by atoms with Gasteiger partial charge in [0.2, 0.25) is 0 Å². The number of esters is 1. The van der Waals surface area contributed by atoms with Gasteiger partial charge in [-0.05, 0) is 65.4 Å². The number of aryl methyl sites for hydroxylation is 1. The van der Waals surface area contributed by atoms with Gasteiger partial charge in [0.05, 0.1) is 12.6 Å². The van der Waals surface area contributed by atoms with Crippen molar-refractivity contribution in [1.29, 1.82) is 0 Å². The number of aromatic nitrogens is 2. The normalized spacial score (nSPS) is 11.8. The monoisotopic (exact) mass is 573 g/mol. The molecule has 0 N–H and O–H groups in total. The molecule has 4 rings (SSSR count). The Labute approximate surface area is 246 Å². The number of unbranched alkanes of at least 4 members (excludes halogenated alkanes) is 5. The third kappa shape index (κ3) is 8.85. The lowest BCUT2D eigenvalue weighted by molar-refractivity contribution is -0.161. The molecule has 216 valence electrons. The summed E-state index contributed by atoms with van der Waals surface area (Å²) in [5, 5.41) is 8.17. The van der Waals surface area contributed by atoms with Crippen LogP contribution in [-0.4, -0.2) is 33.5 Å². The molecule has 1 unspecified atom stereocenters. The molecule has 8 heteroatoms. The van der Waals surface area contributed by atoms with E-state index >= 15 is 0 Å². The zero-order valence-electron chi connectivity index (χ0n) is 24.0. The molecular weight excluding hydrogens is 534 g/mol. The van der Waals surface area contributed by atoms with Gasteiger partial charge in [-0.15, -0.1) is 0 Å². The van der Waals surface area contributed by atoms with E-state index in [1.54, 1.807) is 23.2 Å². The lowest BCUT2D eigenvalue weighted by atomic mass is 9.98. The van der Waals surface area contributed by atoms with Gasteiger partial charge in [0.15, 0.2) is 5.82 Å². The molecular formula is C33H39N3O4S. The van der Waals surface area contributed by atoms with Crippen LogP contribution < -0.4 is 0 Å². The molecule has 0 aliphatic heterocycles. The third-order valence-corrected chi connectivity index (χ3v) is 7.76. The zero-order chi connectivity index (χ0) is 28.9. The minimum absolute atomic E-state index is 0.139. The van der Waals surface area contributed by atoms with E-state index in [-0.39, 0.29) is 19.2 Å². The molecule has 2 aromatic heterocycles. The van der Waals surface area contributed by atoms with E-state index in [0.717, 1.165) is 40.9 Å². The molecule has 0 aliphatic rings. The van der Waals surface area contributed by atoms with Gasteiger partial charge in [-0.1, -0.05) is 86.6 Å². The second-order valence-corrected chi connectivity index (χ2v) is 10.9. The van der Waals surface area contributed by atoms with Crippen molar-refractivity contribution in [3.63, 3.8) is 0 Å². The highest BCUT2D eigenvalue weighted by Gasteiger charge is 2.31. The van der Waals surface area contributed by atoms with Crippen LogP contribution in [0.2, 0.25) is 0 Å². The highest BCUT2D eigenvalue weighted by Crippen LogP contribution is 2.30. The molecule has 4 aromatic rings. The molecule has 1 atom stereocenters. The van der Waals surface area contributed by atoms with Crippen LogP contribution in [0.1, 0.15) is 80.9 Å². The fraction of sp³-hybridized carbons (Fsp3) is 0.394. The molecule has 0 spiro atoms. The van der Waals surface area contributed by atoms with Crippen molar-refractivity contribution >= 4 is 23.2 Å². The van der Waals surface area contributed by atoms with Crippen LogP contribution in [0, 0.1) is 0 Å². The summed E-state index contributed by atoms with van der Waals surface area (Å²) in [5.74, 6) is -0.289. The molecule has 0 saturated heterocycles. The van der Waals surface area contributed by atoms with E-state index in [4.69, 9.17) is 9.26 Å². The van der Waals surface area contributed by atoms with Crippen LogP contribution >= 0.6 is 11.3 Å². The van der Waals surface area contributed by atoms with Gasteiger partial charge in [0, 0.05) is 18.5 Å². The number of hydrogen-bond acceptors (Lipinski definition) is 7. The van der Waals surface area contributed by atoms with Crippen molar-refractivity contribution in [2.45, 2.75) is 77.8 Å². The predicted molar refractivity (Wildman–Crippen MR) is 161 cm³/mol. The summed E-state index contributed by atoms with van der Waals surface area (Å²) in [6, 6.07) is 19.4. The summed E-state index contributed by atoms with van der Waals surface area (Å²) in [4.78, 5) is 32.3.